The van der Waals surface area contributed by atoms with Crippen molar-refractivity contribution in [2.75, 3.05) is 26.2 Å². The zero-order valence-corrected chi connectivity index (χ0v) is 13.7. The van der Waals surface area contributed by atoms with Crippen molar-refractivity contribution in [3.63, 3.8) is 0 Å². The molecule has 1 aromatic rings. The van der Waals surface area contributed by atoms with Gasteiger partial charge in [0.1, 0.15) is 0 Å². The fraction of sp³-hybridized carbons (Fsp3) is 0.611. The fourth-order valence-electron chi connectivity index (χ4n) is 2.83. The highest BCUT2D eigenvalue weighted by Crippen LogP contribution is 2.20. The van der Waals surface area contributed by atoms with E-state index in [2.05, 4.69) is 61.3 Å². The van der Waals surface area contributed by atoms with E-state index < -0.39 is 0 Å². The topological polar surface area (TPSA) is 27.6 Å². The van der Waals surface area contributed by atoms with Crippen LogP contribution in [0.5, 0.6) is 0 Å². The van der Waals surface area contributed by atoms with E-state index in [0.29, 0.717) is 5.92 Å². The summed E-state index contributed by atoms with van der Waals surface area (Å²) >= 11 is 0. The third-order valence-electron chi connectivity index (χ3n) is 3.89. The highest BCUT2D eigenvalue weighted by Gasteiger charge is 2.24. The van der Waals surface area contributed by atoms with Crippen LogP contribution in [0.2, 0.25) is 0 Å². The van der Waals surface area contributed by atoms with Crippen LogP contribution in [0.1, 0.15) is 32.8 Å². The molecule has 0 saturated carbocycles. The largest absolute Gasteiger partial charge is 0.357 e. The maximum atomic E-state index is 4.77. The predicted molar refractivity (Wildman–Crippen MR) is 90.6 cm³/mol. The summed E-state index contributed by atoms with van der Waals surface area (Å²) in [5.41, 5.74) is 1.45. The van der Waals surface area contributed by atoms with Crippen LogP contribution in [0.15, 0.2) is 35.3 Å². The molecule has 1 saturated heterocycles. The highest BCUT2D eigenvalue weighted by molar-refractivity contribution is 5.80. The lowest BCUT2D eigenvalue weighted by molar-refractivity contribution is 0.458. The first-order valence-corrected chi connectivity index (χ1v) is 8.26. The van der Waals surface area contributed by atoms with Gasteiger partial charge in [-0.15, -0.1) is 0 Å². The molecule has 21 heavy (non-hydrogen) atoms. The van der Waals surface area contributed by atoms with Crippen LogP contribution in [0, 0.1) is 11.8 Å². The molecule has 1 N–H and O–H groups in total. The zero-order chi connectivity index (χ0) is 15.1. The average molecular weight is 287 g/mol. The summed E-state index contributed by atoms with van der Waals surface area (Å²) in [6.07, 6.45) is 2.45. The molecule has 1 aromatic carbocycles. The molecule has 1 unspecified atom stereocenters. The molecule has 116 valence electrons. The highest BCUT2D eigenvalue weighted by atomic mass is 15.3. The molecule has 1 fully saturated rings. The molecule has 1 aliphatic heterocycles. The summed E-state index contributed by atoms with van der Waals surface area (Å²) in [6.45, 7) is 10.7. The first-order chi connectivity index (χ1) is 10.2. The first kappa shape index (κ1) is 15.9. The van der Waals surface area contributed by atoms with E-state index in [4.69, 9.17) is 4.99 Å². The van der Waals surface area contributed by atoms with Crippen LogP contribution in [-0.2, 0) is 6.42 Å². The standard InChI is InChI=1S/C18H29N3/c1-4-19-18(20-13-15(2)3)21-11-10-17(14-21)12-16-8-6-5-7-9-16/h5-9,15,17H,4,10-14H2,1-3H3,(H,19,20). The molecule has 1 aliphatic rings. The number of benzene rings is 1. The van der Waals surface area contributed by atoms with Crippen LogP contribution in [-0.4, -0.2) is 37.0 Å². The Bertz CT molecular complexity index is 439. The van der Waals surface area contributed by atoms with Crippen LogP contribution in [0.3, 0.4) is 0 Å². The quantitative estimate of drug-likeness (QED) is 0.665. The van der Waals surface area contributed by atoms with Gasteiger partial charge in [-0.1, -0.05) is 44.2 Å². The minimum absolute atomic E-state index is 0.612. The summed E-state index contributed by atoms with van der Waals surface area (Å²) in [5, 5.41) is 3.44. The van der Waals surface area contributed by atoms with Crippen LogP contribution in [0.25, 0.3) is 0 Å². The van der Waals surface area contributed by atoms with E-state index in [9.17, 15) is 0 Å². The molecule has 2 rings (SSSR count). The van der Waals surface area contributed by atoms with Crippen molar-refractivity contribution < 1.29 is 0 Å². The third-order valence-corrected chi connectivity index (χ3v) is 3.89. The minimum Gasteiger partial charge on any atom is -0.357 e. The summed E-state index contributed by atoms with van der Waals surface area (Å²) in [7, 11) is 0. The fourth-order valence-corrected chi connectivity index (χ4v) is 2.83. The van der Waals surface area contributed by atoms with Crippen molar-refractivity contribution in [3.8, 4) is 0 Å². The second-order valence-corrected chi connectivity index (χ2v) is 6.38. The lowest BCUT2D eigenvalue weighted by Crippen LogP contribution is -2.40. The van der Waals surface area contributed by atoms with Crippen molar-refractivity contribution in [2.45, 2.75) is 33.6 Å². The normalized spacial score (nSPS) is 19.3. The molecule has 0 aliphatic carbocycles. The van der Waals surface area contributed by atoms with Crippen LogP contribution >= 0.6 is 0 Å². The van der Waals surface area contributed by atoms with Gasteiger partial charge in [0.2, 0.25) is 0 Å². The summed E-state index contributed by atoms with van der Waals surface area (Å²) < 4.78 is 0. The number of hydrogen-bond acceptors (Lipinski definition) is 1. The van der Waals surface area contributed by atoms with E-state index in [1.54, 1.807) is 0 Å². The van der Waals surface area contributed by atoms with Gasteiger partial charge < -0.3 is 10.2 Å². The minimum atomic E-state index is 0.612. The third kappa shape index (κ3) is 5.07. The van der Waals surface area contributed by atoms with Gasteiger partial charge in [-0.25, -0.2) is 0 Å². The van der Waals surface area contributed by atoms with Crippen molar-refractivity contribution in [1.82, 2.24) is 10.2 Å². The van der Waals surface area contributed by atoms with Gasteiger partial charge in [0, 0.05) is 26.2 Å². The van der Waals surface area contributed by atoms with E-state index >= 15 is 0 Å². The van der Waals surface area contributed by atoms with Gasteiger partial charge in [-0.2, -0.15) is 0 Å². The summed E-state index contributed by atoms with van der Waals surface area (Å²) in [5.74, 6) is 2.46. The summed E-state index contributed by atoms with van der Waals surface area (Å²) in [6, 6.07) is 10.8. The first-order valence-electron chi connectivity index (χ1n) is 8.26. The number of rotatable bonds is 5. The number of nitrogens with one attached hydrogen (secondary N) is 1. The lowest BCUT2D eigenvalue weighted by Gasteiger charge is -2.22. The van der Waals surface area contributed by atoms with Gasteiger partial charge in [-0.05, 0) is 37.2 Å². The molecular weight excluding hydrogens is 258 g/mol. The van der Waals surface area contributed by atoms with E-state index in [0.717, 1.165) is 38.1 Å². The average Bonchev–Trinajstić information content (AvgIpc) is 2.92. The molecule has 3 heteroatoms. The number of nitrogens with zero attached hydrogens (tertiary/aromatic N) is 2. The number of guanidine groups is 1. The zero-order valence-electron chi connectivity index (χ0n) is 13.7. The maximum Gasteiger partial charge on any atom is 0.193 e. The Kier molecular flexibility index (Phi) is 6.09. The monoisotopic (exact) mass is 287 g/mol. The van der Waals surface area contributed by atoms with E-state index in [1.165, 1.54) is 18.4 Å². The Morgan fingerprint density at radius 3 is 2.76 bits per heavy atom. The molecule has 0 bridgehead atoms. The lowest BCUT2D eigenvalue weighted by atomic mass is 9.99. The molecule has 0 radical (unpaired) electrons. The molecule has 1 heterocycles. The van der Waals surface area contributed by atoms with Crippen LogP contribution in [0.4, 0.5) is 0 Å². The Hall–Kier alpha value is -1.51. The number of aliphatic imine (C=N–C) groups is 1. The molecular formula is C18H29N3. The Balaban J connectivity index is 1.91. The molecule has 0 amide bonds. The second kappa shape index (κ2) is 8.06. The maximum absolute atomic E-state index is 4.77. The Morgan fingerprint density at radius 2 is 2.10 bits per heavy atom. The van der Waals surface area contributed by atoms with Gasteiger partial charge >= 0.3 is 0 Å². The Labute approximate surface area is 129 Å². The molecule has 1 atom stereocenters. The predicted octanol–water partition coefficient (Wildman–Crippen LogP) is 3.17. The van der Waals surface area contributed by atoms with Crippen molar-refractivity contribution >= 4 is 5.96 Å². The number of likely N-dealkylation sites (tertiary alicyclic amines) is 1. The van der Waals surface area contributed by atoms with E-state index in [-0.39, 0.29) is 0 Å². The van der Waals surface area contributed by atoms with Gasteiger partial charge in [0.25, 0.3) is 0 Å². The van der Waals surface area contributed by atoms with Gasteiger partial charge in [0.05, 0.1) is 0 Å². The van der Waals surface area contributed by atoms with Crippen LogP contribution < -0.4 is 5.32 Å². The van der Waals surface area contributed by atoms with Crippen molar-refractivity contribution in [3.05, 3.63) is 35.9 Å². The molecule has 0 aromatic heterocycles. The second-order valence-electron chi connectivity index (χ2n) is 6.38. The van der Waals surface area contributed by atoms with E-state index in [1.807, 2.05) is 0 Å². The van der Waals surface area contributed by atoms with Gasteiger partial charge in [-0.3, -0.25) is 4.99 Å². The SMILES string of the molecule is CCNC(=NCC(C)C)N1CCC(Cc2ccccc2)C1. The Morgan fingerprint density at radius 1 is 1.33 bits per heavy atom. The van der Waals surface area contributed by atoms with Crippen molar-refractivity contribution in [2.24, 2.45) is 16.8 Å². The number of hydrogen-bond donors (Lipinski definition) is 1. The van der Waals surface area contributed by atoms with Gasteiger partial charge in [0.15, 0.2) is 5.96 Å². The smallest absolute Gasteiger partial charge is 0.193 e. The van der Waals surface area contributed by atoms with Crippen molar-refractivity contribution in [1.29, 1.82) is 0 Å². The summed E-state index contributed by atoms with van der Waals surface area (Å²) in [4.78, 5) is 7.20. The molecule has 3 nitrogen and oxygen atoms in total. The molecule has 0 spiro atoms.